The van der Waals surface area contributed by atoms with E-state index >= 15 is 0 Å². The van der Waals surface area contributed by atoms with Crippen LogP contribution >= 0.6 is 0 Å². The highest BCUT2D eigenvalue weighted by Gasteiger charge is 2.00. The van der Waals surface area contributed by atoms with Crippen molar-refractivity contribution in [3.63, 3.8) is 0 Å². The van der Waals surface area contributed by atoms with Crippen molar-refractivity contribution in [3.05, 3.63) is 17.8 Å². The van der Waals surface area contributed by atoms with Crippen LogP contribution in [-0.4, -0.2) is 19.1 Å². The monoisotopic (exact) mass is 152 g/mol. The minimum atomic E-state index is 0.776. The van der Waals surface area contributed by atoms with Crippen LogP contribution in [0.15, 0.2) is 12.1 Å². The minimum absolute atomic E-state index is 0.776. The lowest BCUT2D eigenvalue weighted by Crippen LogP contribution is -1.97. The Hall–Kier alpha value is -1.25. The molecule has 1 rings (SSSR count). The number of nitrogens with zero attached hydrogens (tertiary/aromatic N) is 1. The van der Waals surface area contributed by atoms with Crippen molar-refractivity contribution in [2.24, 2.45) is 0 Å². The number of methoxy groups -OCH3 is 1. The molecule has 11 heavy (non-hydrogen) atoms. The summed E-state index contributed by atoms with van der Waals surface area (Å²) in [4.78, 5) is 4.23. The van der Waals surface area contributed by atoms with Gasteiger partial charge in [-0.1, -0.05) is 0 Å². The van der Waals surface area contributed by atoms with Gasteiger partial charge in [0.2, 0.25) is 0 Å². The fourth-order valence-electron chi connectivity index (χ4n) is 0.888. The summed E-state index contributed by atoms with van der Waals surface area (Å²) in [5, 5.41) is 2.95. The Morgan fingerprint density at radius 1 is 1.45 bits per heavy atom. The molecule has 0 aromatic carbocycles. The number of hydrogen-bond donors (Lipinski definition) is 1. The maximum atomic E-state index is 5.07. The van der Waals surface area contributed by atoms with E-state index in [2.05, 4.69) is 10.3 Å². The van der Waals surface area contributed by atoms with Gasteiger partial charge >= 0.3 is 0 Å². The predicted octanol–water partition coefficient (Wildman–Crippen LogP) is 1.44. The Morgan fingerprint density at radius 3 is 2.73 bits per heavy atom. The van der Waals surface area contributed by atoms with E-state index in [0.717, 1.165) is 17.3 Å². The summed E-state index contributed by atoms with van der Waals surface area (Å²) in [5.41, 5.74) is 0.982. The molecule has 3 nitrogen and oxygen atoms in total. The highest BCUT2D eigenvalue weighted by molar-refractivity contribution is 5.49. The Bertz CT molecular complexity index is 248. The number of aromatic nitrogens is 1. The molecule has 0 unspecified atom stereocenters. The molecule has 0 radical (unpaired) electrons. The molecule has 60 valence electrons. The highest BCUT2D eigenvalue weighted by Crippen LogP contribution is 2.20. The number of rotatable bonds is 2. The summed E-state index contributed by atoms with van der Waals surface area (Å²) >= 11 is 0. The average molecular weight is 152 g/mol. The van der Waals surface area contributed by atoms with E-state index in [0.29, 0.717) is 0 Å². The van der Waals surface area contributed by atoms with E-state index in [1.165, 1.54) is 0 Å². The van der Waals surface area contributed by atoms with E-state index < -0.39 is 0 Å². The van der Waals surface area contributed by atoms with Gasteiger partial charge < -0.3 is 10.1 Å². The van der Waals surface area contributed by atoms with E-state index in [4.69, 9.17) is 4.74 Å². The molecule has 0 spiro atoms. The van der Waals surface area contributed by atoms with Crippen LogP contribution in [0.4, 0.5) is 5.82 Å². The number of hydrogen-bond acceptors (Lipinski definition) is 3. The topological polar surface area (TPSA) is 34.2 Å². The van der Waals surface area contributed by atoms with Gasteiger partial charge in [0.15, 0.2) is 11.6 Å². The molecule has 1 N–H and O–H groups in total. The third-order valence-electron chi connectivity index (χ3n) is 1.45. The van der Waals surface area contributed by atoms with Crippen molar-refractivity contribution < 1.29 is 4.74 Å². The summed E-state index contributed by atoms with van der Waals surface area (Å²) < 4.78 is 5.07. The fourth-order valence-corrected chi connectivity index (χ4v) is 0.888. The van der Waals surface area contributed by atoms with Crippen molar-refractivity contribution >= 4 is 5.82 Å². The van der Waals surface area contributed by atoms with Crippen molar-refractivity contribution in [3.8, 4) is 5.75 Å². The van der Waals surface area contributed by atoms with Crippen LogP contribution in [0.25, 0.3) is 0 Å². The predicted molar refractivity (Wildman–Crippen MR) is 45.1 cm³/mol. The van der Waals surface area contributed by atoms with Gasteiger partial charge in [0.1, 0.15) is 0 Å². The first-order valence-electron chi connectivity index (χ1n) is 3.47. The normalized spacial score (nSPS) is 9.36. The second-order valence-electron chi connectivity index (χ2n) is 2.25. The molecule has 0 amide bonds. The summed E-state index contributed by atoms with van der Waals surface area (Å²) in [5.74, 6) is 1.56. The van der Waals surface area contributed by atoms with E-state index in [1.54, 1.807) is 7.11 Å². The Balaban J connectivity index is 3.06. The largest absolute Gasteiger partial charge is 0.493 e. The van der Waals surface area contributed by atoms with E-state index in [1.807, 2.05) is 26.1 Å². The molecule has 0 saturated carbocycles. The van der Waals surface area contributed by atoms with Crippen molar-refractivity contribution in [2.45, 2.75) is 6.92 Å². The van der Waals surface area contributed by atoms with E-state index in [-0.39, 0.29) is 0 Å². The number of anilines is 1. The van der Waals surface area contributed by atoms with Gasteiger partial charge in [0.05, 0.1) is 7.11 Å². The zero-order valence-electron chi connectivity index (χ0n) is 7.01. The first kappa shape index (κ1) is 7.85. The molecule has 0 aliphatic carbocycles. The quantitative estimate of drug-likeness (QED) is 0.696. The SMILES string of the molecule is CNc1nc(C)ccc1OC. The number of aryl methyl sites for hydroxylation is 1. The van der Waals surface area contributed by atoms with Crippen molar-refractivity contribution in [1.82, 2.24) is 4.98 Å². The van der Waals surface area contributed by atoms with Crippen molar-refractivity contribution in [2.75, 3.05) is 19.5 Å². The summed E-state index contributed by atoms with van der Waals surface area (Å²) in [6, 6.07) is 3.81. The maximum absolute atomic E-state index is 5.07. The molecule has 0 saturated heterocycles. The smallest absolute Gasteiger partial charge is 0.168 e. The molecule has 0 fully saturated rings. The molecule has 3 heteroatoms. The molecule has 1 heterocycles. The first-order chi connectivity index (χ1) is 5.27. The number of pyridine rings is 1. The number of ether oxygens (including phenoxy) is 1. The summed E-state index contributed by atoms with van der Waals surface area (Å²) in [7, 11) is 3.46. The van der Waals surface area contributed by atoms with Crippen LogP contribution in [0.3, 0.4) is 0 Å². The first-order valence-corrected chi connectivity index (χ1v) is 3.47. The second-order valence-corrected chi connectivity index (χ2v) is 2.25. The summed E-state index contributed by atoms with van der Waals surface area (Å²) in [6.07, 6.45) is 0. The maximum Gasteiger partial charge on any atom is 0.168 e. The molecular weight excluding hydrogens is 140 g/mol. The van der Waals surface area contributed by atoms with Gasteiger partial charge in [-0.25, -0.2) is 4.98 Å². The van der Waals surface area contributed by atoms with Crippen LogP contribution in [-0.2, 0) is 0 Å². The Labute approximate surface area is 66.4 Å². The van der Waals surface area contributed by atoms with E-state index in [9.17, 15) is 0 Å². The van der Waals surface area contributed by atoms with Gasteiger partial charge in [-0.15, -0.1) is 0 Å². The molecule has 1 aromatic rings. The van der Waals surface area contributed by atoms with Crippen molar-refractivity contribution in [1.29, 1.82) is 0 Å². The van der Waals surface area contributed by atoms with Gasteiger partial charge in [-0.05, 0) is 19.1 Å². The van der Waals surface area contributed by atoms with Crippen LogP contribution in [0.5, 0.6) is 5.75 Å². The lowest BCUT2D eigenvalue weighted by atomic mass is 10.3. The van der Waals surface area contributed by atoms with Gasteiger partial charge in [0, 0.05) is 12.7 Å². The van der Waals surface area contributed by atoms with Crippen LogP contribution in [0.1, 0.15) is 5.69 Å². The molecular formula is C8H12N2O. The lowest BCUT2D eigenvalue weighted by Gasteiger charge is -2.06. The fraction of sp³-hybridized carbons (Fsp3) is 0.375. The van der Waals surface area contributed by atoms with Crippen LogP contribution in [0, 0.1) is 6.92 Å². The van der Waals surface area contributed by atoms with Gasteiger partial charge in [0.25, 0.3) is 0 Å². The molecule has 1 aromatic heterocycles. The molecule has 0 aliphatic heterocycles. The van der Waals surface area contributed by atoms with Crippen LogP contribution < -0.4 is 10.1 Å². The Kier molecular flexibility index (Phi) is 2.31. The second kappa shape index (κ2) is 3.23. The zero-order chi connectivity index (χ0) is 8.27. The summed E-state index contributed by atoms with van der Waals surface area (Å²) in [6.45, 7) is 1.94. The molecule has 0 aliphatic rings. The van der Waals surface area contributed by atoms with Gasteiger partial charge in [-0.3, -0.25) is 0 Å². The van der Waals surface area contributed by atoms with Crippen LogP contribution in [0.2, 0.25) is 0 Å². The molecule has 0 bridgehead atoms. The van der Waals surface area contributed by atoms with Gasteiger partial charge in [-0.2, -0.15) is 0 Å². The minimum Gasteiger partial charge on any atom is -0.493 e. The third-order valence-corrected chi connectivity index (χ3v) is 1.45. The zero-order valence-corrected chi connectivity index (χ0v) is 7.01. The standard InChI is InChI=1S/C8H12N2O/c1-6-4-5-7(11-3)8(9-2)10-6/h4-5H,1-3H3,(H,9,10). The lowest BCUT2D eigenvalue weighted by molar-refractivity contribution is 0.415. The number of nitrogens with one attached hydrogen (secondary N) is 1. The average Bonchev–Trinajstić information content (AvgIpc) is 2.04. The third kappa shape index (κ3) is 1.61. The Morgan fingerprint density at radius 2 is 2.18 bits per heavy atom. The molecule has 0 atom stereocenters. The highest BCUT2D eigenvalue weighted by atomic mass is 16.5.